The number of hydrogen-bond donors (Lipinski definition) is 1. The third-order valence-electron chi connectivity index (χ3n) is 2.38. The molecule has 0 unspecified atom stereocenters. The number of allylic oxidation sites excluding steroid dienone is 1. The zero-order valence-corrected chi connectivity index (χ0v) is 9.01. The van der Waals surface area contributed by atoms with Gasteiger partial charge in [-0.2, -0.15) is 0 Å². The van der Waals surface area contributed by atoms with E-state index >= 15 is 0 Å². The maximum atomic E-state index is 11.7. The van der Waals surface area contributed by atoms with Crippen LogP contribution in [0.1, 0.15) is 10.4 Å². The first-order chi connectivity index (χ1) is 7.70. The Morgan fingerprint density at radius 3 is 2.88 bits per heavy atom. The van der Waals surface area contributed by atoms with Crippen molar-refractivity contribution in [2.45, 2.75) is 0 Å². The second kappa shape index (κ2) is 4.26. The van der Waals surface area contributed by atoms with E-state index in [4.69, 9.17) is 4.74 Å². The molecule has 1 N–H and O–H groups in total. The van der Waals surface area contributed by atoms with E-state index < -0.39 is 0 Å². The molecule has 1 saturated heterocycles. The van der Waals surface area contributed by atoms with Crippen LogP contribution in [0.4, 0.5) is 0 Å². The van der Waals surface area contributed by atoms with Crippen LogP contribution < -0.4 is 4.74 Å². The Balaban J connectivity index is 2.15. The number of ether oxygens (including phenoxy) is 1. The first-order valence-electron chi connectivity index (χ1n) is 5.04. The van der Waals surface area contributed by atoms with Crippen molar-refractivity contribution >= 4 is 5.78 Å². The highest BCUT2D eigenvalue weighted by Crippen LogP contribution is 2.26. The Bertz CT molecular complexity index is 436. The van der Waals surface area contributed by atoms with Crippen molar-refractivity contribution in [2.75, 3.05) is 20.2 Å². The minimum absolute atomic E-state index is 0.0361. The molecule has 84 valence electrons. The molecule has 4 nitrogen and oxygen atoms in total. The van der Waals surface area contributed by atoms with Crippen LogP contribution >= 0.6 is 0 Å². The largest absolute Gasteiger partial charge is 0.504 e. The van der Waals surface area contributed by atoms with Gasteiger partial charge < -0.3 is 14.7 Å². The van der Waals surface area contributed by atoms with Crippen molar-refractivity contribution in [3.8, 4) is 11.5 Å². The molecule has 0 saturated carbocycles. The predicted octanol–water partition coefficient (Wildman–Crippen LogP) is 1.41. The molecule has 0 spiro atoms. The Morgan fingerprint density at radius 1 is 1.50 bits per heavy atom. The number of phenols is 1. The average Bonchev–Trinajstić information content (AvgIpc) is 3.10. The molecule has 0 aliphatic carbocycles. The SMILES string of the molecule is COc1cc(C(=O)C=CN2CC2)ccc1O. The summed E-state index contributed by atoms with van der Waals surface area (Å²) in [5.41, 5.74) is 0.507. The van der Waals surface area contributed by atoms with Gasteiger partial charge >= 0.3 is 0 Å². The minimum atomic E-state index is -0.0924. The van der Waals surface area contributed by atoms with Crippen molar-refractivity contribution in [3.63, 3.8) is 0 Å². The van der Waals surface area contributed by atoms with Gasteiger partial charge in [0.25, 0.3) is 0 Å². The fourth-order valence-corrected chi connectivity index (χ4v) is 1.31. The maximum absolute atomic E-state index is 11.7. The lowest BCUT2D eigenvalue weighted by Crippen LogP contribution is -1.96. The van der Waals surface area contributed by atoms with Crippen LogP contribution in [-0.4, -0.2) is 36.0 Å². The number of benzene rings is 1. The molecule has 0 bridgehead atoms. The number of carbonyl (C=O) groups excluding carboxylic acids is 1. The molecule has 0 atom stereocenters. The maximum Gasteiger partial charge on any atom is 0.187 e. The smallest absolute Gasteiger partial charge is 0.187 e. The molecule has 2 rings (SSSR count). The average molecular weight is 219 g/mol. The van der Waals surface area contributed by atoms with Gasteiger partial charge in [0.15, 0.2) is 17.3 Å². The normalized spacial score (nSPS) is 14.2. The lowest BCUT2D eigenvalue weighted by molar-refractivity contribution is 0.104. The summed E-state index contributed by atoms with van der Waals surface area (Å²) in [6, 6.07) is 4.56. The van der Waals surface area contributed by atoms with Crippen molar-refractivity contribution in [2.24, 2.45) is 0 Å². The summed E-state index contributed by atoms with van der Waals surface area (Å²) in [7, 11) is 1.45. The van der Waals surface area contributed by atoms with Gasteiger partial charge in [-0.05, 0) is 18.2 Å². The summed E-state index contributed by atoms with van der Waals surface area (Å²) >= 11 is 0. The summed E-state index contributed by atoms with van der Waals surface area (Å²) in [5.74, 6) is 0.255. The van der Waals surface area contributed by atoms with Gasteiger partial charge in [0.2, 0.25) is 0 Å². The zero-order chi connectivity index (χ0) is 11.5. The number of aromatic hydroxyl groups is 1. The van der Waals surface area contributed by atoms with Crippen LogP contribution in [0.25, 0.3) is 0 Å². The number of methoxy groups -OCH3 is 1. The minimum Gasteiger partial charge on any atom is -0.504 e. The van der Waals surface area contributed by atoms with Crippen LogP contribution in [0.5, 0.6) is 11.5 Å². The van der Waals surface area contributed by atoms with E-state index in [0.717, 1.165) is 13.1 Å². The van der Waals surface area contributed by atoms with Gasteiger partial charge in [0.1, 0.15) is 0 Å². The molecule has 1 heterocycles. The number of nitrogens with zero attached hydrogens (tertiary/aromatic N) is 1. The van der Waals surface area contributed by atoms with Crippen LogP contribution in [-0.2, 0) is 0 Å². The molecule has 1 fully saturated rings. The van der Waals surface area contributed by atoms with E-state index in [9.17, 15) is 9.90 Å². The second-order valence-corrected chi connectivity index (χ2v) is 3.60. The van der Waals surface area contributed by atoms with Crippen LogP contribution in [0.2, 0.25) is 0 Å². The van der Waals surface area contributed by atoms with Crippen LogP contribution in [0.15, 0.2) is 30.5 Å². The van der Waals surface area contributed by atoms with Crippen LogP contribution in [0.3, 0.4) is 0 Å². The summed E-state index contributed by atoms with van der Waals surface area (Å²) in [5, 5.41) is 9.38. The predicted molar refractivity (Wildman–Crippen MR) is 59.7 cm³/mol. The molecular formula is C12H13NO3. The van der Waals surface area contributed by atoms with Crippen molar-refractivity contribution < 1.29 is 14.6 Å². The fourth-order valence-electron chi connectivity index (χ4n) is 1.31. The molecule has 1 aromatic carbocycles. The third kappa shape index (κ3) is 2.34. The molecule has 1 aromatic rings. The van der Waals surface area contributed by atoms with E-state index in [1.807, 2.05) is 4.90 Å². The number of carbonyl (C=O) groups is 1. The van der Waals surface area contributed by atoms with Gasteiger partial charge in [-0.1, -0.05) is 0 Å². The summed E-state index contributed by atoms with van der Waals surface area (Å²) in [4.78, 5) is 13.7. The Labute approximate surface area is 93.8 Å². The van der Waals surface area contributed by atoms with E-state index in [2.05, 4.69) is 0 Å². The van der Waals surface area contributed by atoms with Gasteiger partial charge in [-0.3, -0.25) is 4.79 Å². The fraction of sp³-hybridized carbons (Fsp3) is 0.250. The van der Waals surface area contributed by atoms with Gasteiger partial charge in [0.05, 0.1) is 7.11 Å². The van der Waals surface area contributed by atoms with Crippen molar-refractivity contribution in [1.82, 2.24) is 4.90 Å². The number of hydrogen-bond acceptors (Lipinski definition) is 4. The first kappa shape index (κ1) is 10.5. The monoisotopic (exact) mass is 219 g/mol. The van der Waals surface area contributed by atoms with E-state index in [1.54, 1.807) is 12.3 Å². The first-order valence-corrected chi connectivity index (χ1v) is 5.04. The lowest BCUT2D eigenvalue weighted by Gasteiger charge is -2.04. The quantitative estimate of drug-likeness (QED) is 0.472. The van der Waals surface area contributed by atoms with Gasteiger partial charge in [-0.25, -0.2) is 0 Å². The standard InChI is InChI=1S/C12H13NO3/c1-16-12-8-9(2-3-11(12)15)10(14)4-5-13-6-7-13/h2-5,8,15H,6-7H2,1H3. The van der Waals surface area contributed by atoms with Crippen LogP contribution in [0, 0.1) is 0 Å². The molecule has 0 aromatic heterocycles. The van der Waals surface area contributed by atoms with Gasteiger partial charge in [-0.15, -0.1) is 0 Å². The molecule has 1 aliphatic heterocycles. The lowest BCUT2D eigenvalue weighted by atomic mass is 10.1. The Morgan fingerprint density at radius 2 is 2.25 bits per heavy atom. The molecule has 16 heavy (non-hydrogen) atoms. The number of rotatable bonds is 4. The van der Waals surface area contributed by atoms with Gasteiger partial charge in [0, 0.05) is 30.9 Å². The molecular weight excluding hydrogens is 206 g/mol. The van der Waals surface area contributed by atoms with E-state index in [1.165, 1.54) is 25.3 Å². The van der Waals surface area contributed by atoms with E-state index in [0.29, 0.717) is 11.3 Å². The molecule has 0 radical (unpaired) electrons. The zero-order valence-electron chi connectivity index (χ0n) is 9.01. The third-order valence-corrected chi connectivity index (χ3v) is 2.38. The van der Waals surface area contributed by atoms with Crippen molar-refractivity contribution in [1.29, 1.82) is 0 Å². The molecule has 4 heteroatoms. The Kier molecular flexibility index (Phi) is 2.81. The topological polar surface area (TPSA) is 49.5 Å². The highest BCUT2D eigenvalue weighted by molar-refractivity contribution is 6.04. The number of phenolic OH excluding ortho intramolecular Hbond substituents is 1. The molecule has 1 aliphatic rings. The summed E-state index contributed by atoms with van der Waals surface area (Å²) < 4.78 is 4.94. The Hall–Kier alpha value is -1.97. The summed E-state index contributed by atoms with van der Waals surface area (Å²) in [6.07, 6.45) is 3.31. The molecule has 0 amide bonds. The highest BCUT2D eigenvalue weighted by atomic mass is 16.5. The van der Waals surface area contributed by atoms with E-state index in [-0.39, 0.29) is 11.5 Å². The second-order valence-electron chi connectivity index (χ2n) is 3.60. The van der Waals surface area contributed by atoms with Crippen molar-refractivity contribution in [3.05, 3.63) is 36.0 Å². The number of ketones is 1. The highest BCUT2D eigenvalue weighted by Gasteiger charge is 2.12. The summed E-state index contributed by atoms with van der Waals surface area (Å²) in [6.45, 7) is 2.03.